The van der Waals surface area contributed by atoms with Gasteiger partial charge in [0.2, 0.25) is 0 Å². The first-order chi connectivity index (χ1) is 7.72. The molecule has 0 rings (SSSR count). The van der Waals surface area contributed by atoms with Gasteiger partial charge in [-0.25, -0.2) is 0 Å². The van der Waals surface area contributed by atoms with Crippen LogP contribution >= 0.6 is 0 Å². The van der Waals surface area contributed by atoms with Crippen molar-refractivity contribution in [2.75, 3.05) is 13.6 Å². The SMILES string of the molecule is CCCCCCCCCCN(C)C(C)C#N. The molecule has 0 fully saturated rings. The summed E-state index contributed by atoms with van der Waals surface area (Å²) < 4.78 is 0. The maximum absolute atomic E-state index is 8.74. The zero-order chi connectivity index (χ0) is 12.2. The number of unbranched alkanes of at least 4 members (excludes halogenated alkanes) is 7. The van der Waals surface area contributed by atoms with E-state index in [-0.39, 0.29) is 6.04 Å². The second-order valence-corrected chi connectivity index (χ2v) is 4.76. The van der Waals surface area contributed by atoms with Crippen molar-refractivity contribution in [3.63, 3.8) is 0 Å². The van der Waals surface area contributed by atoms with Crippen LogP contribution in [-0.2, 0) is 0 Å². The van der Waals surface area contributed by atoms with Crippen LogP contribution in [0.2, 0.25) is 0 Å². The van der Waals surface area contributed by atoms with E-state index in [9.17, 15) is 0 Å². The zero-order valence-corrected chi connectivity index (χ0v) is 11.3. The molecule has 0 saturated heterocycles. The Hall–Kier alpha value is -0.550. The van der Waals surface area contributed by atoms with Gasteiger partial charge in [0.15, 0.2) is 0 Å². The third-order valence-electron chi connectivity index (χ3n) is 3.21. The molecule has 0 aromatic rings. The summed E-state index contributed by atoms with van der Waals surface area (Å²) in [6, 6.07) is 2.33. The summed E-state index contributed by atoms with van der Waals surface area (Å²) in [4.78, 5) is 2.14. The summed E-state index contributed by atoms with van der Waals surface area (Å²) in [5.74, 6) is 0. The minimum atomic E-state index is 0.0598. The third-order valence-corrected chi connectivity index (χ3v) is 3.21. The van der Waals surface area contributed by atoms with Gasteiger partial charge in [-0.3, -0.25) is 4.90 Å². The van der Waals surface area contributed by atoms with E-state index in [1.54, 1.807) is 0 Å². The molecule has 0 aromatic heterocycles. The van der Waals surface area contributed by atoms with Gasteiger partial charge in [0.25, 0.3) is 0 Å². The highest BCUT2D eigenvalue weighted by Crippen LogP contribution is 2.09. The van der Waals surface area contributed by atoms with Crippen molar-refractivity contribution in [2.24, 2.45) is 0 Å². The minimum absolute atomic E-state index is 0.0598. The van der Waals surface area contributed by atoms with Gasteiger partial charge in [-0.1, -0.05) is 51.9 Å². The first kappa shape index (κ1) is 15.4. The smallest absolute Gasteiger partial charge is 0.0946 e. The standard InChI is InChI=1S/C14H28N2/c1-4-5-6-7-8-9-10-11-12-16(3)14(2)13-15/h14H,4-12H2,1-3H3. The molecular formula is C14H28N2. The Morgan fingerprint density at radius 2 is 1.50 bits per heavy atom. The van der Waals surface area contributed by atoms with Crippen LogP contribution < -0.4 is 0 Å². The summed E-state index contributed by atoms with van der Waals surface area (Å²) >= 11 is 0. The molecule has 0 aliphatic rings. The van der Waals surface area contributed by atoms with Gasteiger partial charge in [-0.05, 0) is 26.9 Å². The quantitative estimate of drug-likeness (QED) is 0.525. The van der Waals surface area contributed by atoms with Crippen LogP contribution in [0.1, 0.15) is 65.2 Å². The van der Waals surface area contributed by atoms with E-state index in [0.717, 1.165) is 6.54 Å². The zero-order valence-electron chi connectivity index (χ0n) is 11.3. The average Bonchev–Trinajstić information content (AvgIpc) is 2.31. The normalized spacial score (nSPS) is 12.7. The van der Waals surface area contributed by atoms with Crippen LogP contribution in [0.3, 0.4) is 0 Å². The summed E-state index contributed by atoms with van der Waals surface area (Å²) in [7, 11) is 2.04. The highest BCUT2D eigenvalue weighted by Gasteiger charge is 2.05. The van der Waals surface area contributed by atoms with Crippen LogP contribution in [0.25, 0.3) is 0 Å². The van der Waals surface area contributed by atoms with Gasteiger partial charge < -0.3 is 0 Å². The maximum atomic E-state index is 8.74. The monoisotopic (exact) mass is 224 g/mol. The van der Waals surface area contributed by atoms with Crippen molar-refractivity contribution >= 4 is 0 Å². The Morgan fingerprint density at radius 1 is 1.00 bits per heavy atom. The Bertz CT molecular complexity index is 184. The van der Waals surface area contributed by atoms with E-state index in [1.807, 2.05) is 14.0 Å². The van der Waals surface area contributed by atoms with Crippen LogP contribution in [0, 0.1) is 11.3 Å². The number of nitrogens with zero attached hydrogens (tertiary/aromatic N) is 2. The van der Waals surface area contributed by atoms with Gasteiger partial charge in [0, 0.05) is 0 Å². The molecule has 16 heavy (non-hydrogen) atoms. The molecule has 1 atom stereocenters. The molecule has 0 aliphatic carbocycles. The van der Waals surface area contributed by atoms with Crippen LogP contribution in [0.15, 0.2) is 0 Å². The lowest BCUT2D eigenvalue weighted by Gasteiger charge is -2.18. The van der Waals surface area contributed by atoms with Gasteiger partial charge in [-0.2, -0.15) is 5.26 Å². The van der Waals surface area contributed by atoms with E-state index >= 15 is 0 Å². The van der Waals surface area contributed by atoms with Crippen molar-refractivity contribution in [1.82, 2.24) is 4.90 Å². The summed E-state index contributed by atoms with van der Waals surface area (Å²) in [5, 5.41) is 8.74. The predicted molar refractivity (Wildman–Crippen MR) is 70.3 cm³/mol. The first-order valence-electron chi connectivity index (χ1n) is 6.82. The maximum Gasteiger partial charge on any atom is 0.0946 e. The lowest BCUT2D eigenvalue weighted by atomic mass is 10.1. The van der Waals surface area contributed by atoms with E-state index < -0.39 is 0 Å². The molecule has 0 saturated carbocycles. The molecule has 2 nitrogen and oxygen atoms in total. The lowest BCUT2D eigenvalue weighted by Crippen LogP contribution is -2.28. The largest absolute Gasteiger partial charge is 0.291 e. The van der Waals surface area contributed by atoms with Crippen LogP contribution in [-0.4, -0.2) is 24.5 Å². The highest BCUT2D eigenvalue weighted by molar-refractivity contribution is 4.86. The van der Waals surface area contributed by atoms with Crippen LogP contribution in [0.4, 0.5) is 0 Å². The third kappa shape index (κ3) is 8.73. The van der Waals surface area contributed by atoms with Crippen molar-refractivity contribution in [3.8, 4) is 6.07 Å². The second-order valence-electron chi connectivity index (χ2n) is 4.76. The fourth-order valence-corrected chi connectivity index (χ4v) is 1.79. The molecule has 0 aliphatic heterocycles. The van der Waals surface area contributed by atoms with Gasteiger partial charge in [-0.15, -0.1) is 0 Å². The molecule has 0 spiro atoms. The molecular weight excluding hydrogens is 196 g/mol. The highest BCUT2D eigenvalue weighted by atomic mass is 15.1. The van der Waals surface area contributed by atoms with Crippen molar-refractivity contribution in [3.05, 3.63) is 0 Å². The molecule has 0 heterocycles. The van der Waals surface area contributed by atoms with Crippen molar-refractivity contribution in [2.45, 2.75) is 71.3 Å². The van der Waals surface area contributed by atoms with Gasteiger partial charge in [0.1, 0.15) is 0 Å². The fourth-order valence-electron chi connectivity index (χ4n) is 1.79. The minimum Gasteiger partial charge on any atom is -0.291 e. The Labute approximate surface area is 102 Å². The van der Waals surface area contributed by atoms with Crippen molar-refractivity contribution < 1.29 is 0 Å². The van der Waals surface area contributed by atoms with Crippen LogP contribution in [0.5, 0.6) is 0 Å². The summed E-state index contributed by atoms with van der Waals surface area (Å²) in [6.45, 7) is 5.28. The number of hydrogen-bond acceptors (Lipinski definition) is 2. The Morgan fingerprint density at radius 3 is 2.00 bits per heavy atom. The second kappa shape index (κ2) is 11.0. The predicted octanol–water partition coefficient (Wildman–Crippen LogP) is 3.97. The van der Waals surface area contributed by atoms with Crippen molar-refractivity contribution in [1.29, 1.82) is 5.26 Å². The van der Waals surface area contributed by atoms with E-state index in [1.165, 1.54) is 51.4 Å². The molecule has 0 N–H and O–H groups in total. The van der Waals surface area contributed by atoms with Gasteiger partial charge >= 0.3 is 0 Å². The molecule has 0 aromatic carbocycles. The molecule has 0 amide bonds. The molecule has 0 bridgehead atoms. The topological polar surface area (TPSA) is 27.0 Å². The summed E-state index contributed by atoms with van der Waals surface area (Å²) in [5.41, 5.74) is 0. The Kier molecular flexibility index (Phi) is 10.6. The lowest BCUT2D eigenvalue weighted by molar-refractivity contribution is 0.294. The average molecular weight is 224 g/mol. The van der Waals surface area contributed by atoms with E-state index in [4.69, 9.17) is 5.26 Å². The Balaban J connectivity index is 3.18. The number of hydrogen-bond donors (Lipinski definition) is 0. The number of rotatable bonds is 10. The molecule has 1 unspecified atom stereocenters. The number of nitriles is 1. The molecule has 94 valence electrons. The molecule has 2 heteroatoms. The van der Waals surface area contributed by atoms with Gasteiger partial charge in [0.05, 0.1) is 12.1 Å². The molecule has 0 radical (unpaired) electrons. The van der Waals surface area contributed by atoms with E-state index in [0.29, 0.717) is 0 Å². The first-order valence-corrected chi connectivity index (χ1v) is 6.82. The summed E-state index contributed by atoms with van der Waals surface area (Å²) in [6.07, 6.45) is 10.8. The van der Waals surface area contributed by atoms with E-state index in [2.05, 4.69) is 17.9 Å². The fraction of sp³-hybridized carbons (Fsp3) is 0.929.